The van der Waals surface area contributed by atoms with E-state index in [0.717, 1.165) is 0 Å². The van der Waals surface area contributed by atoms with Crippen LogP contribution in [0.15, 0.2) is 54.6 Å². The van der Waals surface area contributed by atoms with Crippen LogP contribution in [0, 0.1) is 0 Å². The maximum Gasteiger partial charge on any atom is 0.312 e. The zero-order valence-electron chi connectivity index (χ0n) is 14.5. The summed E-state index contributed by atoms with van der Waals surface area (Å²) in [6.45, 7) is -0.0189. The zero-order chi connectivity index (χ0) is 18.9. The fraction of sp³-hybridized carbons (Fsp3) is 0.250. The van der Waals surface area contributed by atoms with Crippen molar-refractivity contribution in [2.75, 3.05) is 13.7 Å². The highest BCUT2D eigenvalue weighted by Gasteiger charge is 2.20. The summed E-state index contributed by atoms with van der Waals surface area (Å²) in [6.07, 6.45) is 0.0627. The highest BCUT2D eigenvalue weighted by atomic mass is 16.5. The molecule has 0 heterocycles. The average Bonchev–Trinajstić information content (AvgIpc) is 2.67. The van der Waals surface area contributed by atoms with Gasteiger partial charge in [-0.2, -0.15) is 0 Å². The first-order valence-electron chi connectivity index (χ1n) is 8.23. The van der Waals surface area contributed by atoms with E-state index in [0.29, 0.717) is 16.9 Å². The third-order valence-corrected chi connectivity index (χ3v) is 3.99. The van der Waals surface area contributed by atoms with Crippen molar-refractivity contribution in [3.05, 3.63) is 65.7 Å². The first kappa shape index (κ1) is 19.2. The molecule has 6 nitrogen and oxygen atoms in total. The van der Waals surface area contributed by atoms with Gasteiger partial charge in [0, 0.05) is 24.9 Å². The van der Waals surface area contributed by atoms with Crippen molar-refractivity contribution < 1.29 is 24.2 Å². The number of Topliss-reactive ketones (excluding diaryl/α,β-unsaturated/α-hetero) is 1. The van der Waals surface area contributed by atoms with E-state index in [2.05, 4.69) is 5.32 Å². The molecule has 1 amide bonds. The molecule has 2 rings (SSSR count). The van der Waals surface area contributed by atoms with E-state index in [1.165, 1.54) is 0 Å². The van der Waals surface area contributed by atoms with E-state index in [4.69, 9.17) is 4.74 Å². The van der Waals surface area contributed by atoms with Crippen molar-refractivity contribution in [1.29, 1.82) is 0 Å². The van der Waals surface area contributed by atoms with Crippen LogP contribution in [0.2, 0.25) is 0 Å². The Labute approximate surface area is 151 Å². The van der Waals surface area contributed by atoms with Crippen LogP contribution >= 0.6 is 0 Å². The SMILES string of the molecule is COc1ccc(C(=O)CCC(=O)NCC(C(=O)O)c2ccccc2)cc1. The normalized spacial score (nSPS) is 11.4. The quantitative estimate of drug-likeness (QED) is 0.675. The van der Waals surface area contributed by atoms with Gasteiger partial charge in [-0.15, -0.1) is 0 Å². The predicted molar refractivity (Wildman–Crippen MR) is 96.4 cm³/mol. The number of aliphatic carboxylic acids is 1. The number of benzene rings is 2. The Morgan fingerprint density at radius 1 is 1.00 bits per heavy atom. The average molecular weight is 355 g/mol. The molecule has 0 spiro atoms. The van der Waals surface area contributed by atoms with Crippen molar-refractivity contribution in [2.45, 2.75) is 18.8 Å². The molecule has 0 bridgehead atoms. The summed E-state index contributed by atoms with van der Waals surface area (Å²) in [5, 5.41) is 11.9. The molecular formula is C20H21NO5. The first-order chi connectivity index (χ1) is 12.5. The van der Waals surface area contributed by atoms with E-state index in [-0.39, 0.29) is 31.1 Å². The minimum Gasteiger partial charge on any atom is -0.497 e. The Hall–Kier alpha value is -3.15. The van der Waals surface area contributed by atoms with Gasteiger partial charge in [-0.3, -0.25) is 14.4 Å². The number of hydrogen-bond acceptors (Lipinski definition) is 4. The van der Waals surface area contributed by atoms with Crippen molar-refractivity contribution in [1.82, 2.24) is 5.32 Å². The third kappa shape index (κ3) is 5.44. The molecule has 6 heteroatoms. The van der Waals surface area contributed by atoms with E-state index in [9.17, 15) is 19.5 Å². The molecule has 0 saturated heterocycles. The molecule has 1 unspecified atom stereocenters. The minimum absolute atomic E-state index is 0.00594. The van der Waals surface area contributed by atoms with E-state index in [1.54, 1.807) is 61.7 Å². The molecule has 26 heavy (non-hydrogen) atoms. The molecule has 136 valence electrons. The summed E-state index contributed by atoms with van der Waals surface area (Å²) >= 11 is 0. The Kier molecular flexibility index (Phi) is 6.91. The standard InChI is InChI=1S/C20H21NO5/c1-26-16-9-7-15(8-10-16)18(22)11-12-19(23)21-13-17(20(24)25)14-5-3-2-4-6-14/h2-10,17H,11-13H2,1H3,(H,21,23)(H,24,25). The van der Waals surface area contributed by atoms with Crippen LogP contribution in [0.3, 0.4) is 0 Å². The summed E-state index contributed by atoms with van der Waals surface area (Å²) in [7, 11) is 1.54. The van der Waals surface area contributed by atoms with Gasteiger partial charge in [0.05, 0.1) is 13.0 Å². The van der Waals surface area contributed by atoms with Gasteiger partial charge in [0.2, 0.25) is 5.91 Å². The van der Waals surface area contributed by atoms with Crippen LogP contribution in [0.5, 0.6) is 5.75 Å². The van der Waals surface area contributed by atoms with Crippen molar-refractivity contribution in [3.63, 3.8) is 0 Å². The van der Waals surface area contributed by atoms with Crippen LogP contribution in [0.1, 0.15) is 34.7 Å². The molecule has 0 aliphatic rings. The van der Waals surface area contributed by atoms with Crippen LogP contribution in [0.4, 0.5) is 0 Å². The van der Waals surface area contributed by atoms with E-state index >= 15 is 0 Å². The predicted octanol–water partition coefficient (Wildman–Crippen LogP) is 2.64. The van der Waals surface area contributed by atoms with Crippen molar-refractivity contribution in [2.24, 2.45) is 0 Å². The lowest BCUT2D eigenvalue weighted by atomic mass is 9.99. The topological polar surface area (TPSA) is 92.7 Å². The number of methoxy groups -OCH3 is 1. The molecule has 2 aromatic carbocycles. The number of carboxylic acids is 1. The third-order valence-electron chi connectivity index (χ3n) is 3.99. The van der Waals surface area contributed by atoms with Gasteiger partial charge in [0.15, 0.2) is 5.78 Å². The number of carbonyl (C=O) groups excluding carboxylic acids is 2. The van der Waals surface area contributed by atoms with Gasteiger partial charge in [-0.1, -0.05) is 30.3 Å². The van der Waals surface area contributed by atoms with Gasteiger partial charge in [0.1, 0.15) is 5.75 Å². The van der Waals surface area contributed by atoms with Crippen LogP contribution in [-0.4, -0.2) is 36.4 Å². The lowest BCUT2D eigenvalue weighted by Gasteiger charge is -2.13. The lowest BCUT2D eigenvalue weighted by molar-refractivity contribution is -0.138. The summed E-state index contributed by atoms with van der Waals surface area (Å²) < 4.78 is 5.03. The maximum absolute atomic E-state index is 12.1. The Morgan fingerprint density at radius 2 is 1.65 bits per heavy atom. The van der Waals surface area contributed by atoms with Crippen LogP contribution in [0.25, 0.3) is 0 Å². The number of carbonyl (C=O) groups is 3. The second-order valence-corrected chi connectivity index (χ2v) is 5.76. The second-order valence-electron chi connectivity index (χ2n) is 5.76. The molecule has 0 aromatic heterocycles. The smallest absolute Gasteiger partial charge is 0.312 e. The van der Waals surface area contributed by atoms with Crippen molar-refractivity contribution >= 4 is 17.7 Å². The Morgan fingerprint density at radius 3 is 2.23 bits per heavy atom. The fourth-order valence-electron chi connectivity index (χ4n) is 2.49. The van der Waals surface area contributed by atoms with Gasteiger partial charge in [0.25, 0.3) is 0 Å². The Balaban J connectivity index is 1.83. The number of ether oxygens (including phenoxy) is 1. The summed E-state index contributed by atoms with van der Waals surface area (Å²) in [4.78, 5) is 35.5. The van der Waals surface area contributed by atoms with E-state index < -0.39 is 11.9 Å². The zero-order valence-corrected chi connectivity index (χ0v) is 14.5. The van der Waals surface area contributed by atoms with Crippen LogP contribution in [-0.2, 0) is 9.59 Å². The number of hydrogen-bond donors (Lipinski definition) is 2. The summed E-state index contributed by atoms with van der Waals surface area (Å²) in [5.41, 5.74) is 1.13. The second kappa shape index (κ2) is 9.36. The van der Waals surface area contributed by atoms with Crippen LogP contribution < -0.4 is 10.1 Å². The number of rotatable bonds is 9. The fourth-order valence-corrected chi connectivity index (χ4v) is 2.49. The van der Waals surface area contributed by atoms with E-state index in [1.807, 2.05) is 0 Å². The van der Waals surface area contributed by atoms with Gasteiger partial charge < -0.3 is 15.2 Å². The highest BCUT2D eigenvalue weighted by molar-refractivity contribution is 5.98. The largest absolute Gasteiger partial charge is 0.497 e. The number of carboxylic acid groups (broad SMARTS) is 1. The minimum atomic E-state index is -1.01. The van der Waals surface area contributed by atoms with Gasteiger partial charge in [-0.05, 0) is 29.8 Å². The number of nitrogens with one attached hydrogen (secondary N) is 1. The number of amides is 1. The highest BCUT2D eigenvalue weighted by Crippen LogP contribution is 2.15. The van der Waals surface area contributed by atoms with Crippen molar-refractivity contribution in [3.8, 4) is 5.75 Å². The summed E-state index contributed by atoms with van der Waals surface area (Å²) in [6, 6.07) is 15.4. The van der Waals surface area contributed by atoms with Gasteiger partial charge in [-0.25, -0.2) is 0 Å². The molecule has 0 aliphatic heterocycles. The Bertz CT molecular complexity index is 756. The molecule has 1 atom stereocenters. The molecular weight excluding hydrogens is 334 g/mol. The molecule has 2 aromatic rings. The monoisotopic (exact) mass is 355 g/mol. The first-order valence-corrected chi connectivity index (χ1v) is 8.23. The number of ketones is 1. The maximum atomic E-state index is 12.1. The molecule has 0 radical (unpaired) electrons. The molecule has 0 saturated carbocycles. The van der Waals surface area contributed by atoms with Gasteiger partial charge >= 0.3 is 5.97 Å². The molecule has 2 N–H and O–H groups in total. The summed E-state index contributed by atoms with van der Waals surface area (Å²) in [5.74, 6) is -1.68. The lowest BCUT2D eigenvalue weighted by Crippen LogP contribution is -2.31. The molecule has 0 fully saturated rings. The molecule has 0 aliphatic carbocycles.